The zero-order valence-corrected chi connectivity index (χ0v) is 18.5. The molecule has 0 amide bonds. The van der Waals surface area contributed by atoms with Gasteiger partial charge in [-0.15, -0.1) is 16.4 Å². The van der Waals surface area contributed by atoms with E-state index in [1.165, 1.54) is 0 Å². The van der Waals surface area contributed by atoms with Gasteiger partial charge < -0.3 is 10.5 Å². The van der Waals surface area contributed by atoms with Gasteiger partial charge in [0.2, 0.25) is 11.8 Å². The van der Waals surface area contributed by atoms with E-state index in [1.807, 2.05) is 30.3 Å². The monoisotopic (exact) mass is 464 g/mol. The number of fused-ring (bicyclic) bond motifs is 1. The summed E-state index contributed by atoms with van der Waals surface area (Å²) in [4.78, 5) is 21.8. The number of benzene rings is 1. The van der Waals surface area contributed by atoms with Crippen LogP contribution in [0, 0.1) is 6.92 Å². The van der Waals surface area contributed by atoms with Crippen LogP contribution in [-0.2, 0) is 13.0 Å². The van der Waals surface area contributed by atoms with Crippen LogP contribution in [0.5, 0.6) is 5.88 Å². The van der Waals surface area contributed by atoms with E-state index in [9.17, 15) is 0 Å². The second kappa shape index (κ2) is 8.48. The number of thiazole rings is 1. The smallest absolute Gasteiger partial charge is 0.240 e. The van der Waals surface area contributed by atoms with E-state index in [-0.39, 0.29) is 5.95 Å². The third kappa shape index (κ3) is 4.36. The number of nitrogens with two attached hydrogens (primary N) is 1. The molecule has 32 heavy (non-hydrogen) atoms. The molecule has 5 rings (SSSR count). The Morgan fingerprint density at radius 3 is 2.81 bits per heavy atom. The van der Waals surface area contributed by atoms with Crippen molar-refractivity contribution in [3.63, 3.8) is 0 Å². The second-order valence-electron chi connectivity index (χ2n) is 6.94. The molecule has 2 N–H and O–H groups in total. The number of nitrogen functional groups attached to an aromatic ring is 1. The van der Waals surface area contributed by atoms with Crippen molar-refractivity contribution in [2.75, 3.05) is 5.73 Å². The minimum Gasteiger partial charge on any atom is -0.470 e. The largest absolute Gasteiger partial charge is 0.470 e. The maximum absolute atomic E-state index is 6.01. The standard InChI is InChI=1S/C21H17ClN8OS/c1-12-25-18(30-17(28-21(23)29-30)9-13-6-7-24-16(22)8-13)10-19(26-12)31-11-20-27-14-4-2-3-5-15(14)32-20/h2-8,10H,9,11H2,1H3,(H2,23,29). The summed E-state index contributed by atoms with van der Waals surface area (Å²) in [5.74, 6) is 2.22. The van der Waals surface area contributed by atoms with Crippen LogP contribution in [0.2, 0.25) is 5.15 Å². The van der Waals surface area contributed by atoms with Crippen molar-refractivity contribution in [3.8, 4) is 11.7 Å². The number of aryl methyl sites for hydroxylation is 1. The molecule has 0 saturated heterocycles. The molecule has 9 nitrogen and oxygen atoms in total. The lowest BCUT2D eigenvalue weighted by atomic mass is 10.2. The fourth-order valence-electron chi connectivity index (χ4n) is 3.22. The molecule has 0 aliphatic heterocycles. The number of aromatic nitrogens is 7. The third-order valence-electron chi connectivity index (χ3n) is 4.54. The van der Waals surface area contributed by atoms with Gasteiger partial charge >= 0.3 is 0 Å². The van der Waals surface area contributed by atoms with Gasteiger partial charge in [-0.05, 0) is 36.8 Å². The minimum atomic E-state index is 0.147. The summed E-state index contributed by atoms with van der Waals surface area (Å²) < 4.78 is 8.63. The number of hydrogen-bond acceptors (Lipinski definition) is 9. The number of hydrogen-bond donors (Lipinski definition) is 1. The first-order valence-corrected chi connectivity index (χ1v) is 10.9. The molecule has 5 aromatic rings. The second-order valence-corrected chi connectivity index (χ2v) is 8.44. The quantitative estimate of drug-likeness (QED) is 0.377. The van der Waals surface area contributed by atoms with Crippen LogP contribution in [0.25, 0.3) is 16.0 Å². The highest BCUT2D eigenvalue weighted by atomic mass is 35.5. The Kier molecular flexibility index (Phi) is 5.38. The van der Waals surface area contributed by atoms with Gasteiger partial charge in [0.05, 0.1) is 10.2 Å². The van der Waals surface area contributed by atoms with E-state index in [2.05, 4.69) is 30.0 Å². The molecule has 0 radical (unpaired) electrons. The zero-order chi connectivity index (χ0) is 22.1. The zero-order valence-electron chi connectivity index (χ0n) is 16.9. The number of anilines is 1. The Labute approximate surface area is 191 Å². The number of nitrogens with zero attached hydrogens (tertiary/aromatic N) is 7. The Bertz CT molecular complexity index is 1380. The van der Waals surface area contributed by atoms with Gasteiger partial charge in [0, 0.05) is 18.7 Å². The lowest BCUT2D eigenvalue weighted by Gasteiger charge is -2.09. The van der Waals surface area contributed by atoms with E-state index >= 15 is 0 Å². The SMILES string of the molecule is Cc1nc(OCc2nc3ccccc3s2)cc(-n2nc(N)nc2Cc2ccnc(Cl)c2)n1. The summed E-state index contributed by atoms with van der Waals surface area (Å²) in [6, 6.07) is 13.3. The van der Waals surface area contributed by atoms with Crippen LogP contribution in [0.3, 0.4) is 0 Å². The molecule has 0 spiro atoms. The van der Waals surface area contributed by atoms with E-state index in [0.717, 1.165) is 20.8 Å². The number of halogens is 1. The summed E-state index contributed by atoms with van der Waals surface area (Å²) in [5.41, 5.74) is 7.77. The highest BCUT2D eigenvalue weighted by Gasteiger charge is 2.15. The highest BCUT2D eigenvalue weighted by molar-refractivity contribution is 7.18. The normalized spacial score (nSPS) is 11.2. The summed E-state index contributed by atoms with van der Waals surface area (Å²) in [7, 11) is 0. The predicted octanol–water partition coefficient (Wildman–Crippen LogP) is 3.78. The minimum absolute atomic E-state index is 0.147. The van der Waals surface area contributed by atoms with Gasteiger partial charge in [0.25, 0.3) is 0 Å². The molecule has 4 aromatic heterocycles. The van der Waals surface area contributed by atoms with E-state index in [1.54, 1.807) is 41.3 Å². The molecule has 0 saturated carbocycles. The van der Waals surface area contributed by atoms with Crippen LogP contribution in [0.1, 0.15) is 22.2 Å². The van der Waals surface area contributed by atoms with Crippen LogP contribution in [-0.4, -0.2) is 34.7 Å². The average Bonchev–Trinajstić information content (AvgIpc) is 3.34. The predicted molar refractivity (Wildman–Crippen MR) is 122 cm³/mol. The lowest BCUT2D eigenvalue weighted by molar-refractivity contribution is 0.292. The summed E-state index contributed by atoms with van der Waals surface area (Å²) >= 11 is 7.60. The number of rotatable bonds is 6. The average molecular weight is 465 g/mol. The van der Waals surface area contributed by atoms with E-state index in [0.29, 0.717) is 41.5 Å². The number of ether oxygens (including phenoxy) is 1. The fourth-order valence-corrected chi connectivity index (χ4v) is 4.30. The van der Waals surface area contributed by atoms with Crippen molar-refractivity contribution in [2.24, 2.45) is 0 Å². The topological polar surface area (TPSA) is 118 Å². The Hall–Kier alpha value is -3.63. The first-order valence-electron chi connectivity index (χ1n) is 9.68. The molecular weight excluding hydrogens is 448 g/mol. The van der Waals surface area contributed by atoms with Crippen LogP contribution in [0.15, 0.2) is 48.7 Å². The maximum Gasteiger partial charge on any atom is 0.240 e. The number of pyridine rings is 1. The van der Waals surface area contributed by atoms with Gasteiger partial charge in [-0.2, -0.15) is 14.6 Å². The van der Waals surface area contributed by atoms with Gasteiger partial charge in [-0.25, -0.2) is 15.0 Å². The molecule has 0 bridgehead atoms. The molecule has 0 fully saturated rings. The van der Waals surface area contributed by atoms with Crippen molar-refractivity contribution >= 4 is 39.1 Å². The summed E-state index contributed by atoms with van der Waals surface area (Å²) in [6.07, 6.45) is 2.10. The third-order valence-corrected chi connectivity index (χ3v) is 5.76. The summed E-state index contributed by atoms with van der Waals surface area (Å²) in [5, 5.41) is 5.58. The molecule has 0 aliphatic rings. The molecule has 11 heteroatoms. The van der Waals surface area contributed by atoms with Crippen molar-refractivity contribution in [3.05, 3.63) is 76.0 Å². The Balaban J connectivity index is 1.41. The maximum atomic E-state index is 6.01. The van der Waals surface area contributed by atoms with Crippen molar-refractivity contribution in [1.29, 1.82) is 0 Å². The summed E-state index contributed by atoms with van der Waals surface area (Å²) in [6.45, 7) is 2.09. The van der Waals surface area contributed by atoms with Crippen LogP contribution < -0.4 is 10.5 Å². The molecule has 160 valence electrons. The molecule has 1 aromatic carbocycles. The van der Waals surface area contributed by atoms with Gasteiger partial charge in [-0.3, -0.25) is 0 Å². The first kappa shape index (κ1) is 20.3. The molecule has 4 heterocycles. The fraction of sp³-hybridized carbons (Fsp3) is 0.143. The number of para-hydroxylation sites is 1. The molecule has 0 unspecified atom stereocenters. The van der Waals surface area contributed by atoms with Gasteiger partial charge in [-0.1, -0.05) is 23.7 Å². The van der Waals surface area contributed by atoms with Crippen molar-refractivity contribution < 1.29 is 4.74 Å². The van der Waals surface area contributed by atoms with Crippen molar-refractivity contribution in [1.82, 2.24) is 34.7 Å². The lowest BCUT2D eigenvalue weighted by Crippen LogP contribution is -2.09. The van der Waals surface area contributed by atoms with Crippen LogP contribution in [0.4, 0.5) is 5.95 Å². The van der Waals surface area contributed by atoms with Crippen LogP contribution >= 0.6 is 22.9 Å². The Morgan fingerprint density at radius 1 is 1.09 bits per heavy atom. The molecular formula is C21H17ClN8OS. The molecule has 0 atom stereocenters. The van der Waals surface area contributed by atoms with E-state index in [4.69, 9.17) is 22.1 Å². The highest BCUT2D eigenvalue weighted by Crippen LogP contribution is 2.23. The molecule has 0 aliphatic carbocycles. The van der Waals surface area contributed by atoms with E-state index < -0.39 is 0 Å². The van der Waals surface area contributed by atoms with Gasteiger partial charge in [0.1, 0.15) is 28.4 Å². The Morgan fingerprint density at radius 2 is 1.97 bits per heavy atom. The van der Waals surface area contributed by atoms with Crippen molar-refractivity contribution in [2.45, 2.75) is 20.0 Å². The first-order chi connectivity index (χ1) is 15.5. The van der Waals surface area contributed by atoms with Gasteiger partial charge in [0.15, 0.2) is 5.82 Å².